The quantitative estimate of drug-likeness (QED) is 0.762. The zero-order valence-corrected chi connectivity index (χ0v) is 12.1. The fraction of sp³-hybridized carbons (Fsp3) is 0.588. The highest BCUT2D eigenvalue weighted by atomic mass is 16.5. The van der Waals surface area contributed by atoms with Crippen molar-refractivity contribution >= 4 is 5.78 Å². The molecule has 4 unspecified atom stereocenters. The van der Waals surface area contributed by atoms with E-state index in [1.165, 1.54) is 6.42 Å². The molecule has 0 radical (unpaired) electrons. The Kier molecular flexibility index (Phi) is 4.76. The third kappa shape index (κ3) is 3.66. The number of ether oxygens (including phenoxy) is 1. The second-order valence-electron chi connectivity index (χ2n) is 5.90. The van der Waals surface area contributed by atoms with E-state index in [1.54, 1.807) is 0 Å². The van der Waals surface area contributed by atoms with Crippen LogP contribution in [0.5, 0.6) is 0 Å². The molecule has 19 heavy (non-hydrogen) atoms. The lowest BCUT2D eigenvalue weighted by Gasteiger charge is -2.33. The summed E-state index contributed by atoms with van der Waals surface area (Å²) < 4.78 is 5.98. The van der Waals surface area contributed by atoms with Crippen molar-refractivity contribution < 1.29 is 9.53 Å². The lowest BCUT2D eigenvalue weighted by atomic mass is 9.80. The van der Waals surface area contributed by atoms with E-state index in [0.29, 0.717) is 5.92 Å². The van der Waals surface area contributed by atoms with Crippen molar-refractivity contribution in [1.29, 1.82) is 0 Å². The Hall–Kier alpha value is -1.15. The number of carbonyl (C=O) groups is 1. The predicted octanol–water partition coefficient (Wildman–Crippen LogP) is 4.10. The lowest BCUT2D eigenvalue weighted by Crippen LogP contribution is -2.32. The topological polar surface area (TPSA) is 26.3 Å². The van der Waals surface area contributed by atoms with Crippen LogP contribution in [0.3, 0.4) is 0 Å². The Morgan fingerprint density at radius 1 is 1.16 bits per heavy atom. The summed E-state index contributed by atoms with van der Waals surface area (Å²) in [6.07, 6.45) is 3.27. The Bertz CT molecular complexity index is 413. The minimum Gasteiger partial charge on any atom is -0.367 e. The third-order valence-electron chi connectivity index (χ3n) is 4.37. The van der Waals surface area contributed by atoms with Gasteiger partial charge in [-0.1, -0.05) is 44.2 Å². The molecule has 0 N–H and O–H groups in total. The number of rotatable bonds is 4. The molecule has 0 saturated heterocycles. The standard InChI is InChI=1S/C17H24O2/c1-12-9-10-16(11-13(12)2)19-14(3)17(18)15-7-5-4-6-8-15/h4-8,12-14,16H,9-11H2,1-3H3. The summed E-state index contributed by atoms with van der Waals surface area (Å²) in [4.78, 5) is 12.2. The molecule has 0 heterocycles. The highest BCUT2D eigenvalue weighted by molar-refractivity contribution is 5.99. The fourth-order valence-corrected chi connectivity index (χ4v) is 2.81. The minimum atomic E-state index is -0.340. The van der Waals surface area contributed by atoms with Crippen molar-refractivity contribution in [3.05, 3.63) is 35.9 Å². The molecule has 0 aromatic heterocycles. The van der Waals surface area contributed by atoms with E-state index in [9.17, 15) is 4.79 Å². The molecular formula is C17H24O2. The molecule has 0 bridgehead atoms. The summed E-state index contributed by atoms with van der Waals surface area (Å²) >= 11 is 0. The maximum Gasteiger partial charge on any atom is 0.191 e. The van der Waals surface area contributed by atoms with Crippen LogP contribution in [0, 0.1) is 11.8 Å². The molecule has 2 rings (SSSR count). The van der Waals surface area contributed by atoms with E-state index >= 15 is 0 Å². The second-order valence-corrected chi connectivity index (χ2v) is 5.90. The largest absolute Gasteiger partial charge is 0.367 e. The van der Waals surface area contributed by atoms with Crippen molar-refractivity contribution in [3.8, 4) is 0 Å². The van der Waals surface area contributed by atoms with Crippen LogP contribution in [0.25, 0.3) is 0 Å². The molecule has 0 spiro atoms. The molecule has 104 valence electrons. The molecule has 2 nitrogen and oxygen atoms in total. The third-order valence-corrected chi connectivity index (χ3v) is 4.37. The lowest BCUT2D eigenvalue weighted by molar-refractivity contribution is -0.0287. The molecule has 1 aromatic carbocycles. The first kappa shape index (κ1) is 14.3. The van der Waals surface area contributed by atoms with E-state index in [1.807, 2.05) is 37.3 Å². The van der Waals surface area contributed by atoms with Crippen molar-refractivity contribution in [2.75, 3.05) is 0 Å². The maximum absolute atomic E-state index is 12.2. The average Bonchev–Trinajstić information content (AvgIpc) is 2.43. The van der Waals surface area contributed by atoms with Crippen LogP contribution in [0.2, 0.25) is 0 Å². The van der Waals surface area contributed by atoms with E-state index in [4.69, 9.17) is 4.74 Å². The average molecular weight is 260 g/mol. The molecule has 0 aliphatic heterocycles. The van der Waals surface area contributed by atoms with Crippen molar-refractivity contribution in [2.45, 2.75) is 52.2 Å². The highest BCUT2D eigenvalue weighted by Crippen LogP contribution is 2.31. The molecule has 1 fully saturated rings. The molecule has 1 saturated carbocycles. The number of Topliss-reactive ketones (excluding diaryl/α,β-unsaturated/α-hetero) is 1. The van der Waals surface area contributed by atoms with Crippen LogP contribution < -0.4 is 0 Å². The SMILES string of the molecule is CC(OC1CCC(C)C(C)C1)C(=O)c1ccccc1. The summed E-state index contributed by atoms with van der Waals surface area (Å²) in [6.45, 7) is 6.46. The van der Waals surface area contributed by atoms with Crippen LogP contribution in [0.1, 0.15) is 50.4 Å². The van der Waals surface area contributed by atoms with Gasteiger partial charge in [-0.05, 0) is 38.0 Å². The van der Waals surface area contributed by atoms with Gasteiger partial charge < -0.3 is 4.74 Å². The van der Waals surface area contributed by atoms with Gasteiger partial charge >= 0.3 is 0 Å². The second kappa shape index (κ2) is 6.33. The number of benzene rings is 1. The van der Waals surface area contributed by atoms with Gasteiger partial charge in [-0.3, -0.25) is 4.79 Å². The zero-order chi connectivity index (χ0) is 13.8. The molecule has 1 aliphatic rings. The summed E-state index contributed by atoms with van der Waals surface area (Å²) in [7, 11) is 0. The summed E-state index contributed by atoms with van der Waals surface area (Å²) in [6, 6.07) is 9.42. The fourth-order valence-electron chi connectivity index (χ4n) is 2.81. The van der Waals surface area contributed by atoms with Crippen LogP contribution in [0.15, 0.2) is 30.3 Å². The monoisotopic (exact) mass is 260 g/mol. The van der Waals surface area contributed by atoms with Gasteiger partial charge in [-0.15, -0.1) is 0 Å². The van der Waals surface area contributed by atoms with E-state index in [-0.39, 0.29) is 18.0 Å². The Balaban J connectivity index is 1.91. The van der Waals surface area contributed by atoms with Gasteiger partial charge in [0.25, 0.3) is 0 Å². The van der Waals surface area contributed by atoms with Crippen molar-refractivity contribution in [3.63, 3.8) is 0 Å². The van der Waals surface area contributed by atoms with Crippen molar-refractivity contribution in [2.24, 2.45) is 11.8 Å². The first-order valence-electron chi connectivity index (χ1n) is 7.32. The normalized spacial score (nSPS) is 28.9. The van der Waals surface area contributed by atoms with Crippen LogP contribution >= 0.6 is 0 Å². The van der Waals surface area contributed by atoms with Gasteiger partial charge in [0.05, 0.1) is 6.10 Å². The molecular weight excluding hydrogens is 236 g/mol. The summed E-state index contributed by atoms with van der Waals surface area (Å²) in [5.74, 6) is 1.56. The number of ketones is 1. The van der Waals surface area contributed by atoms with Gasteiger partial charge in [-0.2, -0.15) is 0 Å². The number of hydrogen-bond donors (Lipinski definition) is 0. The van der Waals surface area contributed by atoms with Gasteiger partial charge in [-0.25, -0.2) is 0 Å². The maximum atomic E-state index is 12.2. The number of hydrogen-bond acceptors (Lipinski definition) is 2. The Morgan fingerprint density at radius 3 is 2.47 bits per heavy atom. The van der Waals surface area contributed by atoms with Gasteiger partial charge in [0.15, 0.2) is 5.78 Å². The molecule has 2 heteroatoms. The Labute approximate surface area is 116 Å². The molecule has 1 aliphatic carbocycles. The van der Waals surface area contributed by atoms with Crippen molar-refractivity contribution in [1.82, 2.24) is 0 Å². The van der Waals surface area contributed by atoms with Gasteiger partial charge in [0.1, 0.15) is 6.10 Å². The van der Waals surface area contributed by atoms with E-state index in [2.05, 4.69) is 13.8 Å². The van der Waals surface area contributed by atoms with Crippen LogP contribution in [-0.2, 0) is 4.74 Å². The Morgan fingerprint density at radius 2 is 1.84 bits per heavy atom. The predicted molar refractivity (Wildman–Crippen MR) is 77.3 cm³/mol. The van der Waals surface area contributed by atoms with E-state index in [0.717, 1.165) is 24.3 Å². The molecule has 0 amide bonds. The summed E-state index contributed by atoms with van der Waals surface area (Å²) in [5, 5.41) is 0. The smallest absolute Gasteiger partial charge is 0.191 e. The minimum absolute atomic E-state index is 0.0897. The first-order chi connectivity index (χ1) is 9.08. The van der Waals surface area contributed by atoms with Crippen LogP contribution in [-0.4, -0.2) is 18.0 Å². The molecule has 1 aromatic rings. The van der Waals surface area contributed by atoms with Crippen LogP contribution in [0.4, 0.5) is 0 Å². The molecule has 4 atom stereocenters. The zero-order valence-electron chi connectivity index (χ0n) is 12.1. The van der Waals surface area contributed by atoms with Gasteiger partial charge in [0.2, 0.25) is 0 Å². The summed E-state index contributed by atoms with van der Waals surface area (Å²) in [5.41, 5.74) is 0.743. The first-order valence-corrected chi connectivity index (χ1v) is 7.32. The van der Waals surface area contributed by atoms with Gasteiger partial charge in [0, 0.05) is 5.56 Å². The highest BCUT2D eigenvalue weighted by Gasteiger charge is 2.28. The van der Waals surface area contributed by atoms with E-state index < -0.39 is 0 Å². The number of carbonyl (C=O) groups excluding carboxylic acids is 1.